The van der Waals surface area contributed by atoms with Crippen LogP contribution in [0.25, 0.3) is 10.2 Å². The highest BCUT2D eigenvalue weighted by atomic mass is 32.1. The van der Waals surface area contributed by atoms with Crippen molar-refractivity contribution in [2.45, 2.75) is 19.5 Å². The van der Waals surface area contributed by atoms with Crippen molar-refractivity contribution in [2.24, 2.45) is 0 Å². The van der Waals surface area contributed by atoms with Gasteiger partial charge in [-0.15, -0.1) is 11.3 Å². The quantitative estimate of drug-likeness (QED) is 0.558. The summed E-state index contributed by atoms with van der Waals surface area (Å²) in [7, 11) is 1.76. The molecule has 2 aromatic carbocycles. The molecule has 0 fully saturated rings. The maximum absolute atomic E-state index is 13.6. The van der Waals surface area contributed by atoms with Gasteiger partial charge in [-0.2, -0.15) is 0 Å². The van der Waals surface area contributed by atoms with E-state index in [1.165, 1.54) is 11.3 Å². The molecule has 0 bridgehead atoms. The number of rotatable bonds is 7. The van der Waals surface area contributed by atoms with Gasteiger partial charge in [-0.1, -0.05) is 12.1 Å². The zero-order chi connectivity index (χ0) is 21.8. The molecule has 1 heterocycles. The maximum atomic E-state index is 13.6. The Morgan fingerprint density at radius 2 is 1.87 bits per heavy atom. The maximum Gasteiger partial charge on any atom is 0.243 e. The Balaban J connectivity index is 1.52. The lowest BCUT2D eigenvalue weighted by atomic mass is 10.2. The van der Waals surface area contributed by atoms with E-state index in [0.717, 1.165) is 21.3 Å². The van der Waals surface area contributed by atoms with Crippen LogP contribution in [0.3, 0.4) is 0 Å². The lowest BCUT2D eigenvalue weighted by Crippen LogP contribution is -2.45. The standard InChI is InChI=1S/C20H19F3N4O2S/c1-11(27(2)10-17-26-13-5-3-4-6-15(13)30-17)20(29)24-9-16(28)25-14-8-7-12(21)18(22)19(14)23/h3-8,11H,9-10H2,1-2H3,(H,24,29)(H,25,28). The first kappa shape index (κ1) is 21.7. The highest BCUT2D eigenvalue weighted by molar-refractivity contribution is 7.18. The van der Waals surface area contributed by atoms with Crippen molar-refractivity contribution in [3.05, 3.63) is 58.9 Å². The number of halogens is 3. The Morgan fingerprint density at radius 1 is 1.13 bits per heavy atom. The Labute approximate surface area is 174 Å². The second-order valence-corrected chi connectivity index (χ2v) is 7.77. The number of fused-ring (bicyclic) bond motifs is 1. The summed E-state index contributed by atoms with van der Waals surface area (Å²) in [5.74, 6) is -5.72. The largest absolute Gasteiger partial charge is 0.346 e. The first-order valence-electron chi connectivity index (χ1n) is 9.02. The summed E-state index contributed by atoms with van der Waals surface area (Å²) in [6.07, 6.45) is 0. The molecule has 158 valence electrons. The molecule has 1 atom stereocenters. The second kappa shape index (κ2) is 9.23. The van der Waals surface area contributed by atoms with Gasteiger partial charge in [0.1, 0.15) is 5.01 Å². The number of benzene rings is 2. The first-order chi connectivity index (χ1) is 14.3. The molecule has 0 spiro atoms. The smallest absolute Gasteiger partial charge is 0.243 e. The molecule has 10 heteroatoms. The van der Waals surface area contributed by atoms with Crippen LogP contribution in [0.4, 0.5) is 18.9 Å². The zero-order valence-electron chi connectivity index (χ0n) is 16.2. The lowest BCUT2D eigenvalue weighted by molar-refractivity contribution is -0.127. The minimum atomic E-state index is -1.68. The van der Waals surface area contributed by atoms with Crippen LogP contribution in [0.15, 0.2) is 36.4 Å². The Morgan fingerprint density at radius 3 is 2.60 bits per heavy atom. The van der Waals surface area contributed by atoms with Gasteiger partial charge in [-0.3, -0.25) is 14.5 Å². The summed E-state index contributed by atoms with van der Waals surface area (Å²) in [6, 6.07) is 8.77. The number of nitrogens with one attached hydrogen (secondary N) is 2. The molecule has 3 rings (SSSR count). The van der Waals surface area contributed by atoms with Gasteiger partial charge in [0.05, 0.1) is 35.0 Å². The fourth-order valence-electron chi connectivity index (χ4n) is 2.67. The van der Waals surface area contributed by atoms with Crippen molar-refractivity contribution in [1.29, 1.82) is 0 Å². The molecule has 2 amide bonds. The van der Waals surface area contributed by atoms with Gasteiger partial charge in [-0.05, 0) is 38.2 Å². The lowest BCUT2D eigenvalue weighted by Gasteiger charge is -2.22. The third-order valence-corrected chi connectivity index (χ3v) is 5.52. The fraction of sp³-hybridized carbons (Fsp3) is 0.250. The van der Waals surface area contributed by atoms with Crippen LogP contribution in [0.5, 0.6) is 0 Å². The van der Waals surface area contributed by atoms with Crippen molar-refractivity contribution < 1.29 is 22.8 Å². The molecule has 0 radical (unpaired) electrons. The predicted octanol–water partition coefficient (Wildman–Crippen LogP) is 3.29. The molecule has 1 unspecified atom stereocenters. The second-order valence-electron chi connectivity index (χ2n) is 6.66. The van der Waals surface area contributed by atoms with Gasteiger partial charge in [0.15, 0.2) is 17.5 Å². The number of nitrogens with zero attached hydrogens (tertiary/aromatic N) is 2. The molecule has 0 saturated carbocycles. The number of likely N-dealkylation sites (N-methyl/N-ethyl adjacent to an activating group) is 1. The summed E-state index contributed by atoms with van der Waals surface area (Å²) in [6.45, 7) is 1.67. The molecular formula is C20H19F3N4O2S. The SMILES string of the molecule is CC(C(=O)NCC(=O)Nc1ccc(F)c(F)c1F)N(C)Cc1nc2ccccc2s1. The number of anilines is 1. The zero-order valence-corrected chi connectivity index (χ0v) is 17.0. The van der Waals surface area contributed by atoms with Gasteiger partial charge >= 0.3 is 0 Å². The van der Waals surface area contributed by atoms with Crippen molar-refractivity contribution >= 4 is 39.1 Å². The van der Waals surface area contributed by atoms with E-state index in [-0.39, 0.29) is 0 Å². The molecule has 0 aliphatic heterocycles. The van der Waals surface area contributed by atoms with Crippen LogP contribution >= 0.6 is 11.3 Å². The van der Waals surface area contributed by atoms with Gasteiger partial charge in [0.25, 0.3) is 0 Å². The van der Waals surface area contributed by atoms with E-state index in [9.17, 15) is 22.8 Å². The van der Waals surface area contributed by atoms with E-state index in [4.69, 9.17) is 0 Å². The Bertz CT molecular complexity index is 1060. The molecule has 0 aliphatic carbocycles. The highest BCUT2D eigenvalue weighted by Crippen LogP contribution is 2.23. The molecule has 2 N–H and O–H groups in total. The van der Waals surface area contributed by atoms with E-state index in [1.807, 2.05) is 24.3 Å². The van der Waals surface area contributed by atoms with E-state index in [2.05, 4.69) is 15.6 Å². The van der Waals surface area contributed by atoms with E-state index >= 15 is 0 Å². The summed E-state index contributed by atoms with van der Waals surface area (Å²) in [5.41, 5.74) is 0.387. The number of para-hydroxylation sites is 1. The molecule has 0 aliphatic rings. The average molecular weight is 436 g/mol. The summed E-state index contributed by atoms with van der Waals surface area (Å²) >= 11 is 1.54. The van der Waals surface area contributed by atoms with E-state index in [1.54, 1.807) is 18.9 Å². The average Bonchev–Trinajstić information content (AvgIpc) is 3.14. The van der Waals surface area contributed by atoms with Crippen molar-refractivity contribution in [3.8, 4) is 0 Å². The topological polar surface area (TPSA) is 74.3 Å². The number of amides is 2. The molecule has 6 nitrogen and oxygen atoms in total. The van der Waals surface area contributed by atoms with Crippen LogP contribution < -0.4 is 10.6 Å². The number of hydrogen-bond acceptors (Lipinski definition) is 5. The minimum absolute atomic E-state index is 0.417. The predicted molar refractivity (Wildman–Crippen MR) is 109 cm³/mol. The Kier molecular flexibility index (Phi) is 6.68. The monoisotopic (exact) mass is 436 g/mol. The molecular weight excluding hydrogens is 417 g/mol. The fourth-order valence-corrected chi connectivity index (χ4v) is 3.70. The first-order valence-corrected chi connectivity index (χ1v) is 9.83. The number of thiazole rings is 1. The molecule has 1 aromatic heterocycles. The van der Waals surface area contributed by atoms with Crippen LogP contribution in [-0.4, -0.2) is 41.3 Å². The number of aromatic nitrogens is 1. The minimum Gasteiger partial charge on any atom is -0.346 e. The van der Waals surface area contributed by atoms with Gasteiger partial charge < -0.3 is 10.6 Å². The number of hydrogen-bond donors (Lipinski definition) is 2. The molecule has 3 aromatic rings. The highest BCUT2D eigenvalue weighted by Gasteiger charge is 2.21. The summed E-state index contributed by atoms with van der Waals surface area (Å²) in [5, 5.41) is 5.39. The number of carbonyl (C=O) groups is 2. The molecule has 30 heavy (non-hydrogen) atoms. The van der Waals surface area contributed by atoms with Crippen LogP contribution in [-0.2, 0) is 16.1 Å². The molecule has 0 saturated heterocycles. The van der Waals surface area contributed by atoms with Crippen molar-refractivity contribution in [2.75, 3.05) is 18.9 Å². The van der Waals surface area contributed by atoms with Crippen LogP contribution in [0.1, 0.15) is 11.9 Å². The van der Waals surface area contributed by atoms with Gasteiger partial charge in [0, 0.05) is 0 Å². The normalized spacial score (nSPS) is 12.2. The van der Waals surface area contributed by atoms with Crippen molar-refractivity contribution in [1.82, 2.24) is 15.2 Å². The van der Waals surface area contributed by atoms with Crippen molar-refractivity contribution in [3.63, 3.8) is 0 Å². The summed E-state index contributed by atoms with van der Waals surface area (Å²) in [4.78, 5) is 30.6. The third kappa shape index (κ3) is 4.95. The van der Waals surface area contributed by atoms with Gasteiger partial charge in [-0.25, -0.2) is 18.2 Å². The third-order valence-electron chi connectivity index (χ3n) is 4.50. The Hall–Kier alpha value is -2.98. The van der Waals surface area contributed by atoms with E-state index < -0.39 is 47.5 Å². The van der Waals surface area contributed by atoms with Crippen LogP contribution in [0, 0.1) is 17.5 Å². The summed E-state index contributed by atoms with van der Waals surface area (Å²) < 4.78 is 40.8. The van der Waals surface area contributed by atoms with E-state index in [0.29, 0.717) is 12.6 Å². The van der Waals surface area contributed by atoms with Gasteiger partial charge in [0.2, 0.25) is 11.8 Å². The van der Waals surface area contributed by atoms with Crippen LogP contribution in [0.2, 0.25) is 0 Å². The number of carbonyl (C=O) groups excluding carboxylic acids is 2.